The first-order chi connectivity index (χ1) is 7.59. The fourth-order valence-corrected chi connectivity index (χ4v) is 2.39. The topological polar surface area (TPSA) is 89.9 Å². The lowest BCUT2D eigenvalue weighted by atomic mass is 10.1. The average Bonchev–Trinajstić information content (AvgIpc) is 2.84. The van der Waals surface area contributed by atoms with Crippen LogP contribution in [0.5, 0.6) is 0 Å². The molecule has 0 bridgehead atoms. The third-order valence-electron chi connectivity index (χ3n) is 3.21. The summed E-state index contributed by atoms with van der Waals surface area (Å²) in [5.41, 5.74) is 0. The number of amides is 1. The minimum Gasteiger partial charge on any atom is -0.480 e. The molecule has 6 heteroatoms. The summed E-state index contributed by atoms with van der Waals surface area (Å²) in [6, 6.07) is -1.14. The second kappa shape index (κ2) is 4.39. The molecule has 0 radical (unpaired) electrons. The van der Waals surface area contributed by atoms with E-state index in [1.165, 1.54) is 4.90 Å². The first-order valence-corrected chi connectivity index (χ1v) is 5.54. The Labute approximate surface area is 93.2 Å². The van der Waals surface area contributed by atoms with Crippen molar-refractivity contribution in [2.24, 2.45) is 0 Å². The van der Waals surface area contributed by atoms with Gasteiger partial charge in [0.2, 0.25) is 5.91 Å². The molecule has 1 unspecified atom stereocenters. The molecule has 6 nitrogen and oxygen atoms in total. The zero-order valence-corrected chi connectivity index (χ0v) is 8.93. The number of β-amino-alcohol motifs (C(OH)–C–C–N with tert-alkyl or cyclic N) is 1. The lowest BCUT2D eigenvalue weighted by Gasteiger charge is -2.24. The van der Waals surface area contributed by atoms with Crippen LogP contribution in [0, 0.1) is 0 Å². The van der Waals surface area contributed by atoms with Crippen LogP contribution in [-0.2, 0) is 9.59 Å². The van der Waals surface area contributed by atoms with Gasteiger partial charge >= 0.3 is 5.97 Å². The van der Waals surface area contributed by atoms with E-state index in [-0.39, 0.29) is 24.9 Å². The maximum atomic E-state index is 12.0. The van der Waals surface area contributed by atoms with Crippen LogP contribution >= 0.6 is 0 Å². The first-order valence-electron chi connectivity index (χ1n) is 5.54. The fraction of sp³-hybridized carbons (Fsp3) is 0.800. The van der Waals surface area contributed by atoms with Gasteiger partial charge in [0.25, 0.3) is 0 Å². The lowest BCUT2D eigenvalue weighted by molar-refractivity contribution is -0.148. The molecule has 0 aromatic heterocycles. The van der Waals surface area contributed by atoms with E-state index in [2.05, 4.69) is 5.32 Å². The number of likely N-dealkylation sites (tertiary alicyclic amines) is 1. The van der Waals surface area contributed by atoms with Crippen LogP contribution in [0.2, 0.25) is 0 Å². The van der Waals surface area contributed by atoms with Gasteiger partial charge in [-0.05, 0) is 19.4 Å². The number of aliphatic hydroxyl groups excluding tert-OH is 1. The van der Waals surface area contributed by atoms with Gasteiger partial charge < -0.3 is 20.4 Å². The van der Waals surface area contributed by atoms with E-state index in [9.17, 15) is 14.7 Å². The number of aliphatic hydroxyl groups is 1. The van der Waals surface area contributed by atoms with Gasteiger partial charge in [-0.25, -0.2) is 4.79 Å². The van der Waals surface area contributed by atoms with Crippen LogP contribution in [0.4, 0.5) is 0 Å². The standard InChI is InChI=1S/C10H16N2O4/c13-6-4-8(10(15)16)12(5-6)9(14)7-2-1-3-11-7/h6-8,11,13H,1-5H2,(H,15,16)/t6?,7-,8-/m0/s1. The Morgan fingerprint density at radius 3 is 2.69 bits per heavy atom. The highest BCUT2D eigenvalue weighted by Gasteiger charge is 2.41. The highest BCUT2D eigenvalue weighted by molar-refractivity contribution is 5.87. The predicted molar refractivity (Wildman–Crippen MR) is 54.8 cm³/mol. The van der Waals surface area contributed by atoms with Crippen molar-refractivity contribution < 1.29 is 19.8 Å². The van der Waals surface area contributed by atoms with Gasteiger partial charge in [0.1, 0.15) is 6.04 Å². The molecule has 1 amide bonds. The van der Waals surface area contributed by atoms with Crippen molar-refractivity contribution in [2.75, 3.05) is 13.1 Å². The van der Waals surface area contributed by atoms with E-state index in [0.29, 0.717) is 0 Å². The number of nitrogens with one attached hydrogen (secondary N) is 1. The van der Waals surface area contributed by atoms with Crippen LogP contribution < -0.4 is 5.32 Å². The summed E-state index contributed by atoms with van der Waals surface area (Å²) in [5, 5.41) is 21.4. The number of carbonyl (C=O) groups excluding carboxylic acids is 1. The predicted octanol–water partition coefficient (Wildman–Crippen LogP) is -1.22. The monoisotopic (exact) mass is 228 g/mol. The Morgan fingerprint density at radius 1 is 1.38 bits per heavy atom. The molecule has 16 heavy (non-hydrogen) atoms. The molecular weight excluding hydrogens is 212 g/mol. The number of nitrogens with zero attached hydrogens (tertiary/aromatic N) is 1. The van der Waals surface area contributed by atoms with Crippen LogP contribution in [0.3, 0.4) is 0 Å². The summed E-state index contributed by atoms with van der Waals surface area (Å²) in [7, 11) is 0. The first kappa shape index (κ1) is 11.3. The molecule has 2 fully saturated rings. The quantitative estimate of drug-likeness (QED) is 0.551. The van der Waals surface area contributed by atoms with Gasteiger partial charge in [-0.3, -0.25) is 4.79 Å². The summed E-state index contributed by atoms with van der Waals surface area (Å²) < 4.78 is 0. The SMILES string of the molecule is O=C(O)[C@@H]1CC(O)CN1C(=O)[C@@H]1CCCN1. The Hall–Kier alpha value is -1.14. The van der Waals surface area contributed by atoms with Gasteiger partial charge in [0, 0.05) is 13.0 Å². The fourth-order valence-electron chi connectivity index (χ4n) is 2.39. The Bertz CT molecular complexity index is 301. The maximum absolute atomic E-state index is 12.0. The zero-order valence-electron chi connectivity index (χ0n) is 8.93. The largest absolute Gasteiger partial charge is 0.480 e. The minimum atomic E-state index is -1.04. The molecule has 2 heterocycles. The van der Waals surface area contributed by atoms with Crippen molar-refractivity contribution in [2.45, 2.75) is 37.5 Å². The van der Waals surface area contributed by atoms with Crippen LogP contribution in [-0.4, -0.2) is 58.3 Å². The van der Waals surface area contributed by atoms with Crippen molar-refractivity contribution in [3.63, 3.8) is 0 Å². The van der Waals surface area contributed by atoms with Crippen molar-refractivity contribution in [3.05, 3.63) is 0 Å². The van der Waals surface area contributed by atoms with Crippen molar-refractivity contribution in [3.8, 4) is 0 Å². The van der Waals surface area contributed by atoms with E-state index in [1.807, 2.05) is 0 Å². The molecule has 0 spiro atoms. The molecule has 2 aliphatic heterocycles. The normalized spacial score (nSPS) is 34.3. The van der Waals surface area contributed by atoms with Crippen LogP contribution in [0.15, 0.2) is 0 Å². The molecule has 2 saturated heterocycles. The summed E-state index contributed by atoms with van der Waals surface area (Å²) in [5.74, 6) is -1.23. The lowest BCUT2D eigenvalue weighted by Crippen LogP contribution is -2.48. The number of hydrogen-bond donors (Lipinski definition) is 3. The molecule has 90 valence electrons. The van der Waals surface area contributed by atoms with Crippen molar-refractivity contribution in [1.82, 2.24) is 10.2 Å². The van der Waals surface area contributed by atoms with Gasteiger partial charge in [0.15, 0.2) is 0 Å². The molecule has 0 aliphatic carbocycles. The van der Waals surface area contributed by atoms with Gasteiger partial charge in [0.05, 0.1) is 12.1 Å². The maximum Gasteiger partial charge on any atom is 0.326 e. The second-order valence-corrected chi connectivity index (χ2v) is 4.38. The van der Waals surface area contributed by atoms with Gasteiger partial charge in [-0.15, -0.1) is 0 Å². The van der Waals surface area contributed by atoms with Crippen molar-refractivity contribution in [1.29, 1.82) is 0 Å². The third kappa shape index (κ3) is 2.03. The average molecular weight is 228 g/mol. The molecule has 0 aromatic carbocycles. The molecule has 2 rings (SSSR count). The third-order valence-corrected chi connectivity index (χ3v) is 3.21. The van der Waals surface area contributed by atoms with Gasteiger partial charge in [-0.1, -0.05) is 0 Å². The molecule has 3 N–H and O–H groups in total. The number of carboxylic acid groups (broad SMARTS) is 1. The number of carbonyl (C=O) groups is 2. The van der Waals surface area contributed by atoms with Gasteiger partial charge in [-0.2, -0.15) is 0 Å². The van der Waals surface area contributed by atoms with E-state index in [0.717, 1.165) is 19.4 Å². The highest BCUT2D eigenvalue weighted by Crippen LogP contribution is 2.21. The second-order valence-electron chi connectivity index (χ2n) is 4.38. The Kier molecular flexibility index (Phi) is 3.11. The van der Waals surface area contributed by atoms with E-state index >= 15 is 0 Å². The minimum absolute atomic E-state index is 0.133. The molecule has 0 aromatic rings. The molecule has 0 saturated carbocycles. The number of aliphatic carboxylic acids is 1. The zero-order chi connectivity index (χ0) is 11.7. The van der Waals surface area contributed by atoms with Crippen LogP contribution in [0.1, 0.15) is 19.3 Å². The van der Waals surface area contributed by atoms with Crippen LogP contribution in [0.25, 0.3) is 0 Å². The smallest absolute Gasteiger partial charge is 0.326 e. The summed E-state index contributed by atoms with van der Waals surface area (Å²) in [6.45, 7) is 0.929. The summed E-state index contributed by atoms with van der Waals surface area (Å²) >= 11 is 0. The molecule has 2 aliphatic rings. The Balaban J connectivity index is 2.06. The van der Waals surface area contributed by atoms with E-state index in [4.69, 9.17) is 5.11 Å². The molecular formula is C10H16N2O4. The number of carboxylic acids is 1. The Morgan fingerprint density at radius 2 is 2.12 bits per heavy atom. The van der Waals surface area contributed by atoms with Crippen molar-refractivity contribution >= 4 is 11.9 Å². The summed E-state index contributed by atoms with van der Waals surface area (Å²) in [4.78, 5) is 24.2. The highest BCUT2D eigenvalue weighted by atomic mass is 16.4. The molecule has 3 atom stereocenters. The summed E-state index contributed by atoms with van der Waals surface area (Å²) in [6.07, 6.45) is 1.10. The van der Waals surface area contributed by atoms with E-state index < -0.39 is 18.1 Å². The van der Waals surface area contributed by atoms with E-state index in [1.54, 1.807) is 0 Å². The number of hydrogen-bond acceptors (Lipinski definition) is 4. The number of rotatable bonds is 2.